The smallest absolute Gasteiger partial charge is 0.288 e. The second-order valence-corrected chi connectivity index (χ2v) is 7.60. The first kappa shape index (κ1) is 17.6. The number of halogens is 2. The molecule has 2 aromatic carbocycles. The summed E-state index contributed by atoms with van der Waals surface area (Å²) in [5.41, 5.74) is 0.586. The summed E-state index contributed by atoms with van der Waals surface area (Å²) in [4.78, 5) is 14.0. The van der Waals surface area contributed by atoms with E-state index in [1.807, 2.05) is 30.3 Å². The normalized spacial score (nSPS) is 20.6. The van der Waals surface area contributed by atoms with Crippen molar-refractivity contribution in [2.45, 2.75) is 11.5 Å². The Kier molecular flexibility index (Phi) is 4.30. The standard InChI is InChI=1S/C19H14F2N2O4S/c20-14-11(18-25-6-7-26-18)8-12-16(15(14)21)27-22-17(12)23-9-13(28-19(23)24)10-4-2-1-3-5-10/h1-5,8,13,18H,6-7,9H2. The van der Waals surface area contributed by atoms with Gasteiger partial charge in [-0.25, -0.2) is 4.39 Å². The van der Waals surface area contributed by atoms with Crippen molar-refractivity contribution < 1.29 is 27.6 Å². The Labute approximate surface area is 162 Å². The summed E-state index contributed by atoms with van der Waals surface area (Å²) >= 11 is 1.16. The monoisotopic (exact) mass is 404 g/mol. The molecule has 28 heavy (non-hydrogen) atoms. The Balaban J connectivity index is 1.55. The lowest BCUT2D eigenvalue weighted by Gasteiger charge is -2.14. The maximum atomic E-state index is 14.5. The summed E-state index contributed by atoms with van der Waals surface area (Å²) in [6.45, 7) is 0.931. The number of anilines is 1. The van der Waals surface area contributed by atoms with E-state index in [2.05, 4.69) is 5.16 Å². The van der Waals surface area contributed by atoms with Crippen LogP contribution >= 0.6 is 11.8 Å². The molecule has 3 heterocycles. The van der Waals surface area contributed by atoms with E-state index in [0.717, 1.165) is 17.3 Å². The van der Waals surface area contributed by atoms with E-state index in [1.165, 1.54) is 11.0 Å². The number of fused-ring (bicyclic) bond motifs is 1. The van der Waals surface area contributed by atoms with E-state index in [4.69, 9.17) is 14.0 Å². The van der Waals surface area contributed by atoms with Crippen molar-refractivity contribution in [2.24, 2.45) is 0 Å². The van der Waals surface area contributed by atoms with Gasteiger partial charge in [-0.1, -0.05) is 47.3 Å². The van der Waals surface area contributed by atoms with Crippen molar-refractivity contribution in [2.75, 3.05) is 24.7 Å². The molecule has 0 aliphatic carbocycles. The lowest BCUT2D eigenvalue weighted by atomic mass is 10.1. The van der Waals surface area contributed by atoms with Crippen LogP contribution in [0.2, 0.25) is 0 Å². The number of hydrogen-bond donors (Lipinski definition) is 0. The molecule has 0 radical (unpaired) electrons. The zero-order chi connectivity index (χ0) is 19.3. The van der Waals surface area contributed by atoms with Gasteiger partial charge in [0.2, 0.25) is 11.4 Å². The van der Waals surface area contributed by atoms with Gasteiger partial charge in [-0.15, -0.1) is 0 Å². The largest absolute Gasteiger partial charge is 0.351 e. The summed E-state index contributed by atoms with van der Waals surface area (Å²) in [7, 11) is 0. The van der Waals surface area contributed by atoms with Gasteiger partial charge in [-0.2, -0.15) is 4.39 Å². The van der Waals surface area contributed by atoms with Crippen LogP contribution in [0.4, 0.5) is 19.4 Å². The summed E-state index contributed by atoms with van der Waals surface area (Å²) in [5, 5.41) is 3.73. The molecule has 0 saturated carbocycles. The highest BCUT2D eigenvalue weighted by molar-refractivity contribution is 8.14. The molecule has 9 heteroatoms. The van der Waals surface area contributed by atoms with Gasteiger partial charge in [-0.05, 0) is 11.6 Å². The molecule has 1 aromatic heterocycles. The van der Waals surface area contributed by atoms with Gasteiger partial charge in [0.25, 0.3) is 5.24 Å². The summed E-state index contributed by atoms with van der Waals surface area (Å²) in [6.07, 6.45) is -0.998. The second-order valence-electron chi connectivity index (χ2n) is 6.44. The second kappa shape index (κ2) is 6.84. The van der Waals surface area contributed by atoms with E-state index < -0.39 is 17.9 Å². The van der Waals surface area contributed by atoms with Crippen LogP contribution in [0.25, 0.3) is 11.0 Å². The van der Waals surface area contributed by atoms with Gasteiger partial charge < -0.3 is 14.0 Å². The van der Waals surface area contributed by atoms with Gasteiger partial charge in [0.05, 0.1) is 23.8 Å². The molecular formula is C19H14F2N2O4S. The topological polar surface area (TPSA) is 64.8 Å². The Morgan fingerprint density at radius 1 is 1.11 bits per heavy atom. The zero-order valence-corrected chi connectivity index (χ0v) is 15.2. The maximum absolute atomic E-state index is 14.5. The molecule has 0 spiro atoms. The average molecular weight is 404 g/mol. The molecule has 1 unspecified atom stereocenters. The third-order valence-electron chi connectivity index (χ3n) is 4.77. The third-order valence-corrected chi connectivity index (χ3v) is 5.90. The lowest BCUT2D eigenvalue weighted by Crippen LogP contribution is -2.23. The first-order valence-corrected chi connectivity index (χ1v) is 9.55. The minimum absolute atomic E-state index is 0.0779. The number of amides is 1. The fourth-order valence-electron chi connectivity index (χ4n) is 3.40. The van der Waals surface area contributed by atoms with Crippen molar-refractivity contribution >= 4 is 33.8 Å². The number of aromatic nitrogens is 1. The molecule has 2 fully saturated rings. The predicted molar refractivity (Wildman–Crippen MR) is 98.1 cm³/mol. The number of carbonyl (C=O) groups is 1. The number of ether oxygens (including phenoxy) is 2. The van der Waals surface area contributed by atoms with Gasteiger partial charge in [0.15, 0.2) is 17.9 Å². The van der Waals surface area contributed by atoms with Crippen LogP contribution in [0.15, 0.2) is 40.9 Å². The number of benzene rings is 2. The highest BCUT2D eigenvalue weighted by Crippen LogP contribution is 2.43. The summed E-state index contributed by atoms with van der Waals surface area (Å²) in [6, 6.07) is 11.0. The third kappa shape index (κ3) is 2.78. The Hall–Kier alpha value is -2.49. The number of hydrogen-bond acceptors (Lipinski definition) is 6. The number of carbonyl (C=O) groups excluding carboxylic acids is 1. The molecule has 3 aromatic rings. The molecule has 2 saturated heterocycles. The molecule has 5 rings (SSSR count). The minimum atomic E-state index is -1.18. The van der Waals surface area contributed by atoms with Crippen molar-refractivity contribution in [3.05, 3.63) is 59.2 Å². The first-order chi connectivity index (χ1) is 13.6. The first-order valence-electron chi connectivity index (χ1n) is 8.67. The van der Waals surface area contributed by atoms with E-state index in [0.29, 0.717) is 19.8 Å². The molecule has 2 aliphatic heterocycles. The summed E-state index contributed by atoms with van der Waals surface area (Å²) < 4.78 is 44.6. The van der Waals surface area contributed by atoms with Crippen LogP contribution in [0.3, 0.4) is 0 Å². The highest BCUT2D eigenvalue weighted by atomic mass is 32.2. The van der Waals surface area contributed by atoms with Gasteiger partial charge >= 0.3 is 0 Å². The number of rotatable bonds is 3. The van der Waals surface area contributed by atoms with Gasteiger partial charge in [0, 0.05) is 12.1 Å². The van der Waals surface area contributed by atoms with Crippen LogP contribution < -0.4 is 4.90 Å². The van der Waals surface area contributed by atoms with Crippen molar-refractivity contribution in [1.29, 1.82) is 0 Å². The predicted octanol–water partition coefficient (Wildman–Crippen LogP) is 4.57. The van der Waals surface area contributed by atoms with Crippen LogP contribution in [-0.4, -0.2) is 30.2 Å². The van der Waals surface area contributed by atoms with E-state index in [9.17, 15) is 13.6 Å². The fourth-order valence-corrected chi connectivity index (χ4v) is 4.45. The molecule has 6 nitrogen and oxygen atoms in total. The van der Waals surface area contributed by atoms with Gasteiger partial charge in [0.1, 0.15) is 0 Å². The van der Waals surface area contributed by atoms with Crippen molar-refractivity contribution in [3.63, 3.8) is 0 Å². The SMILES string of the molecule is O=C1SC(c2ccccc2)CN1c1noc2c(F)c(F)c(C3OCCO3)cc12. The van der Waals surface area contributed by atoms with E-state index in [-0.39, 0.29) is 32.8 Å². The van der Waals surface area contributed by atoms with E-state index in [1.54, 1.807) is 0 Å². The quantitative estimate of drug-likeness (QED) is 0.637. The molecule has 1 atom stereocenters. The molecule has 144 valence electrons. The Morgan fingerprint density at radius 3 is 2.61 bits per heavy atom. The molecular weight excluding hydrogens is 390 g/mol. The van der Waals surface area contributed by atoms with Gasteiger partial charge in [-0.3, -0.25) is 9.69 Å². The molecule has 0 bridgehead atoms. The zero-order valence-electron chi connectivity index (χ0n) is 14.4. The number of thioether (sulfide) groups is 1. The van der Waals surface area contributed by atoms with E-state index >= 15 is 0 Å². The summed E-state index contributed by atoms with van der Waals surface area (Å²) in [5.74, 6) is -2.13. The number of nitrogens with zero attached hydrogens (tertiary/aromatic N) is 2. The molecule has 2 aliphatic rings. The van der Waals surface area contributed by atoms with Crippen molar-refractivity contribution in [3.8, 4) is 0 Å². The lowest BCUT2D eigenvalue weighted by molar-refractivity contribution is -0.0467. The molecule has 0 N–H and O–H groups in total. The minimum Gasteiger partial charge on any atom is -0.351 e. The molecule has 1 amide bonds. The van der Waals surface area contributed by atoms with Crippen molar-refractivity contribution in [1.82, 2.24) is 5.16 Å². The Morgan fingerprint density at radius 2 is 1.86 bits per heavy atom. The maximum Gasteiger partial charge on any atom is 0.288 e. The highest BCUT2D eigenvalue weighted by Gasteiger charge is 2.37. The van der Waals surface area contributed by atoms with Crippen LogP contribution in [-0.2, 0) is 9.47 Å². The van der Waals surface area contributed by atoms with Crippen LogP contribution in [0, 0.1) is 11.6 Å². The fraction of sp³-hybridized carbons (Fsp3) is 0.263. The van der Waals surface area contributed by atoms with Crippen LogP contribution in [0.1, 0.15) is 22.7 Å². The Bertz CT molecular complexity index is 1050. The van der Waals surface area contributed by atoms with Crippen LogP contribution in [0.5, 0.6) is 0 Å². The average Bonchev–Trinajstić information content (AvgIpc) is 3.45.